The van der Waals surface area contributed by atoms with Gasteiger partial charge in [-0.15, -0.1) is 0 Å². The van der Waals surface area contributed by atoms with Gasteiger partial charge in [0.05, 0.1) is 29.6 Å². The van der Waals surface area contributed by atoms with Gasteiger partial charge in [-0.1, -0.05) is 17.7 Å². The molecule has 0 amide bonds. The van der Waals surface area contributed by atoms with E-state index in [4.69, 9.17) is 10.5 Å². The Kier molecular flexibility index (Phi) is 3.94. The van der Waals surface area contributed by atoms with Gasteiger partial charge in [-0.2, -0.15) is 0 Å². The Hall–Kier alpha value is -2.08. The van der Waals surface area contributed by atoms with E-state index in [1.165, 1.54) is 25.6 Å². The van der Waals surface area contributed by atoms with E-state index in [2.05, 4.69) is 4.98 Å². The molecule has 0 aliphatic rings. The molecule has 5 nitrogen and oxygen atoms in total. The summed E-state index contributed by atoms with van der Waals surface area (Å²) in [4.78, 5) is 3.89. The summed E-state index contributed by atoms with van der Waals surface area (Å²) in [6.07, 6.45) is 2.75. The highest BCUT2D eigenvalue weighted by Crippen LogP contribution is 2.26. The van der Waals surface area contributed by atoms with Crippen LogP contribution in [0.1, 0.15) is 11.1 Å². The van der Waals surface area contributed by atoms with Crippen molar-refractivity contribution in [2.45, 2.75) is 17.6 Å². The molecule has 0 spiro atoms. The van der Waals surface area contributed by atoms with E-state index in [0.717, 1.165) is 5.56 Å². The van der Waals surface area contributed by atoms with Crippen molar-refractivity contribution in [1.29, 1.82) is 0 Å². The number of ether oxygens (including phenoxy) is 1. The number of pyridine rings is 1. The largest absolute Gasteiger partial charge is 0.496 e. The fourth-order valence-corrected chi connectivity index (χ4v) is 3.45. The highest BCUT2D eigenvalue weighted by Gasteiger charge is 2.20. The van der Waals surface area contributed by atoms with Gasteiger partial charge in [-0.25, -0.2) is 8.42 Å². The lowest BCUT2D eigenvalue weighted by Crippen LogP contribution is -2.09. The molecular formula is C14H16N2O3S. The van der Waals surface area contributed by atoms with Crippen molar-refractivity contribution in [1.82, 2.24) is 4.98 Å². The molecule has 0 saturated heterocycles. The molecule has 0 unspecified atom stereocenters. The van der Waals surface area contributed by atoms with Crippen LogP contribution in [0.5, 0.6) is 5.75 Å². The van der Waals surface area contributed by atoms with E-state index in [1.54, 1.807) is 12.1 Å². The minimum absolute atomic E-state index is 0.0936. The molecule has 20 heavy (non-hydrogen) atoms. The first-order valence-electron chi connectivity index (χ1n) is 6.00. The summed E-state index contributed by atoms with van der Waals surface area (Å²) >= 11 is 0. The molecule has 0 aliphatic heterocycles. The number of nitrogens with zero attached hydrogens (tertiary/aromatic N) is 1. The summed E-state index contributed by atoms with van der Waals surface area (Å²) in [5.74, 6) is 0.387. The van der Waals surface area contributed by atoms with Gasteiger partial charge in [0.2, 0.25) is 0 Å². The number of rotatable bonds is 4. The molecule has 106 valence electrons. The number of sulfone groups is 1. The zero-order chi connectivity index (χ0) is 14.8. The van der Waals surface area contributed by atoms with Gasteiger partial charge >= 0.3 is 0 Å². The maximum atomic E-state index is 12.4. The normalized spacial score (nSPS) is 11.3. The Morgan fingerprint density at radius 2 is 2.05 bits per heavy atom. The third-order valence-corrected chi connectivity index (χ3v) is 4.66. The van der Waals surface area contributed by atoms with E-state index in [1.807, 2.05) is 13.0 Å². The summed E-state index contributed by atoms with van der Waals surface area (Å²) in [5, 5.41) is 0. The molecular weight excluding hydrogens is 276 g/mol. The highest BCUT2D eigenvalue weighted by molar-refractivity contribution is 7.90. The summed E-state index contributed by atoms with van der Waals surface area (Å²) in [7, 11) is -2.02. The maximum Gasteiger partial charge on any atom is 0.184 e. The van der Waals surface area contributed by atoms with E-state index in [9.17, 15) is 8.42 Å². The minimum Gasteiger partial charge on any atom is -0.496 e. The van der Waals surface area contributed by atoms with Crippen molar-refractivity contribution in [3.8, 4) is 5.75 Å². The van der Waals surface area contributed by atoms with Gasteiger partial charge in [0, 0.05) is 11.8 Å². The molecule has 0 bridgehead atoms. The lowest BCUT2D eigenvalue weighted by molar-refractivity contribution is 0.411. The van der Waals surface area contributed by atoms with E-state index in [0.29, 0.717) is 11.3 Å². The Morgan fingerprint density at radius 3 is 2.70 bits per heavy atom. The Bertz CT molecular complexity index is 727. The molecule has 6 heteroatoms. The first kappa shape index (κ1) is 14.3. The predicted octanol–water partition coefficient (Wildman–Crippen LogP) is 1.95. The molecule has 0 radical (unpaired) electrons. The van der Waals surface area contributed by atoms with Gasteiger partial charge < -0.3 is 10.5 Å². The monoisotopic (exact) mass is 292 g/mol. The van der Waals surface area contributed by atoms with Gasteiger partial charge in [-0.05, 0) is 19.1 Å². The number of nitrogens with two attached hydrogens (primary N) is 1. The number of methoxy groups -OCH3 is 1. The lowest BCUT2D eigenvalue weighted by atomic mass is 10.1. The molecule has 0 fully saturated rings. The molecule has 0 saturated carbocycles. The fourth-order valence-electron chi connectivity index (χ4n) is 1.98. The third kappa shape index (κ3) is 2.91. The summed E-state index contributed by atoms with van der Waals surface area (Å²) < 4.78 is 30.1. The molecule has 1 heterocycles. The van der Waals surface area contributed by atoms with Gasteiger partial charge in [0.25, 0.3) is 0 Å². The molecule has 0 atom stereocenters. The van der Waals surface area contributed by atoms with Crippen LogP contribution < -0.4 is 10.5 Å². The van der Waals surface area contributed by atoms with Crippen LogP contribution >= 0.6 is 0 Å². The van der Waals surface area contributed by atoms with Crippen molar-refractivity contribution in [3.05, 3.63) is 47.8 Å². The number of hydrogen-bond acceptors (Lipinski definition) is 5. The molecule has 1 aromatic carbocycles. The second kappa shape index (κ2) is 5.50. The van der Waals surface area contributed by atoms with Crippen LogP contribution in [-0.2, 0) is 15.6 Å². The van der Waals surface area contributed by atoms with Crippen LogP contribution in [0.2, 0.25) is 0 Å². The second-order valence-corrected chi connectivity index (χ2v) is 6.45. The van der Waals surface area contributed by atoms with Crippen LogP contribution in [0.25, 0.3) is 0 Å². The Morgan fingerprint density at radius 1 is 1.30 bits per heavy atom. The average molecular weight is 292 g/mol. The smallest absolute Gasteiger partial charge is 0.184 e. The van der Waals surface area contributed by atoms with Crippen molar-refractivity contribution < 1.29 is 13.2 Å². The number of anilines is 1. The molecule has 1 aromatic heterocycles. The van der Waals surface area contributed by atoms with Crippen molar-refractivity contribution in [2.24, 2.45) is 0 Å². The number of aryl methyl sites for hydroxylation is 1. The van der Waals surface area contributed by atoms with Crippen LogP contribution in [0.15, 0.2) is 41.6 Å². The zero-order valence-corrected chi connectivity index (χ0v) is 12.1. The van der Waals surface area contributed by atoms with Gasteiger partial charge in [0.1, 0.15) is 5.75 Å². The SMILES string of the molecule is COc1ccc(C)cc1CS(=O)(=O)c1ccncc1N. The van der Waals surface area contributed by atoms with E-state index >= 15 is 0 Å². The Balaban J connectivity index is 2.44. The van der Waals surface area contributed by atoms with E-state index in [-0.39, 0.29) is 16.3 Å². The first-order valence-corrected chi connectivity index (χ1v) is 7.65. The Labute approximate surface area is 118 Å². The van der Waals surface area contributed by atoms with Crippen LogP contribution in [0, 0.1) is 6.92 Å². The van der Waals surface area contributed by atoms with Gasteiger partial charge in [-0.3, -0.25) is 4.98 Å². The standard InChI is InChI=1S/C14H16N2O3S/c1-10-3-4-13(19-2)11(7-10)9-20(17,18)14-5-6-16-8-12(14)15/h3-8H,9,15H2,1-2H3. The summed E-state index contributed by atoms with van der Waals surface area (Å²) in [6, 6.07) is 6.84. The number of aromatic nitrogens is 1. The fraction of sp³-hybridized carbons (Fsp3) is 0.214. The predicted molar refractivity (Wildman–Crippen MR) is 77.3 cm³/mol. The quantitative estimate of drug-likeness (QED) is 0.931. The summed E-state index contributed by atoms with van der Waals surface area (Å²) in [5.41, 5.74) is 7.43. The van der Waals surface area contributed by atoms with Crippen LogP contribution in [-0.4, -0.2) is 20.5 Å². The van der Waals surface area contributed by atoms with Crippen molar-refractivity contribution in [3.63, 3.8) is 0 Å². The third-order valence-electron chi connectivity index (χ3n) is 2.93. The molecule has 2 rings (SSSR count). The topological polar surface area (TPSA) is 82.3 Å². The molecule has 0 aliphatic carbocycles. The summed E-state index contributed by atoms with van der Waals surface area (Å²) in [6.45, 7) is 1.90. The number of hydrogen-bond donors (Lipinski definition) is 1. The van der Waals surface area contributed by atoms with E-state index < -0.39 is 9.84 Å². The average Bonchev–Trinajstić information content (AvgIpc) is 2.39. The number of benzene rings is 1. The maximum absolute atomic E-state index is 12.4. The molecule has 2 N–H and O–H groups in total. The molecule has 2 aromatic rings. The van der Waals surface area contributed by atoms with Crippen molar-refractivity contribution in [2.75, 3.05) is 12.8 Å². The minimum atomic E-state index is -3.54. The highest BCUT2D eigenvalue weighted by atomic mass is 32.2. The van der Waals surface area contributed by atoms with Crippen molar-refractivity contribution >= 4 is 15.5 Å². The lowest BCUT2D eigenvalue weighted by Gasteiger charge is -2.11. The number of nitrogen functional groups attached to an aromatic ring is 1. The van der Waals surface area contributed by atoms with Crippen LogP contribution in [0.4, 0.5) is 5.69 Å². The van der Waals surface area contributed by atoms with Gasteiger partial charge in [0.15, 0.2) is 9.84 Å². The first-order chi connectivity index (χ1) is 9.44. The zero-order valence-electron chi connectivity index (χ0n) is 11.3. The van der Waals surface area contributed by atoms with Crippen LogP contribution in [0.3, 0.4) is 0 Å². The second-order valence-electron chi connectivity index (χ2n) is 4.49.